The Labute approximate surface area is 154 Å². The molecule has 1 aliphatic rings. The van der Waals surface area contributed by atoms with Gasteiger partial charge in [0, 0.05) is 31.2 Å². The Balaban J connectivity index is 1.78. The molecule has 0 radical (unpaired) electrons. The summed E-state index contributed by atoms with van der Waals surface area (Å²) in [5.74, 6) is 0.440. The standard InChI is InChI=1S/C20H26N4O2/c1-2-26-20(25)16-12-18(22-13-15-8-10-21-11-9-15)19(23-14-16)24-17-6-4-3-5-7-17/h8-12,14,17,22H,2-7,13H2,1H3,(H,23,24). The second-order valence-electron chi connectivity index (χ2n) is 6.53. The number of carbonyl (C=O) groups excluding carboxylic acids is 1. The van der Waals surface area contributed by atoms with Crippen molar-refractivity contribution in [2.24, 2.45) is 0 Å². The van der Waals surface area contributed by atoms with Gasteiger partial charge in [-0.3, -0.25) is 4.98 Å². The molecule has 2 aromatic heterocycles. The maximum Gasteiger partial charge on any atom is 0.339 e. The highest BCUT2D eigenvalue weighted by atomic mass is 16.5. The summed E-state index contributed by atoms with van der Waals surface area (Å²) in [6.45, 7) is 2.78. The number of hydrogen-bond donors (Lipinski definition) is 2. The first-order valence-electron chi connectivity index (χ1n) is 9.32. The van der Waals surface area contributed by atoms with Crippen LogP contribution in [0.2, 0.25) is 0 Å². The number of anilines is 2. The third kappa shape index (κ3) is 4.94. The Kier molecular flexibility index (Phi) is 6.41. The van der Waals surface area contributed by atoms with Gasteiger partial charge in [0.15, 0.2) is 0 Å². The lowest BCUT2D eigenvalue weighted by atomic mass is 9.95. The highest BCUT2D eigenvalue weighted by Gasteiger charge is 2.17. The van der Waals surface area contributed by atoms with Crippen molar-refractivity contribution in [2.75, 3.05) is 17.2 Å². The van der Waals surface area contributed by atoms with E-state index in [2.05, 4.69) is 20.6 Å². The first-order valence-corrected chi connectivity index (χ1v) is 9.32. The number of hydrogen-bond acceptors (Lipinski definition) is 6. The molecule has 0 bridgehead atoms. The highest BCUT2D eigenvalue weighted by molar-refractivity contribution is 5.91. The third-order valence-corrected chi connectivity index (χ3v) is 4.58. The fourth-order valence-corrected chi connectivity index (χ4v) is 3.18. The van der Waals surface area contributed by atoms with E-state index in [0.717, 1.165) is 29.9 Å². The molecular weight excluding hydrogens is 328 g/mol. The van der Waals surface area contributed by atoms with Gasteiger partial charge < -0.3 is 15.4 Å². The van der Waals surface area contributed by atoms with Crippen molar-refractivity contribution < 1.29 is 9.53 Å². The molecule has 0 amide bonds. The number of ether oxygens (including phenoxy) is 1. The molecular formula is C20H26N4O2. The maximum atomic E-state index is 12.1. The van der Waals surface area contributed by atoms with E-state index >= 15 is 0 Å². The Hall–Kier alpha value is -2.63. The van der Waals surface area contributed by atoms with Gasteiger partial charge in [-0.05, 0) is 43.5 Å². The average Bonchev–Trinajstić information content (AvgIpc) is 2.69. The number of nitrogens with one attached hydrogen (secondary N) is 2. The van der Waals surface area contributed by atoms with Crippen molar-refractivity contribution in [1.29, 1.82) is 0 Å². The van der Waals surface area contributed by atoms with Gasteiger partial charge in [-0.25, -0.2) is 9.78 Å². The van der Waals surface area contributed by atoms with E-state index in [1.165, 1.54) is 19.3 Å². The summed E-state index contributed by atoms with van der Waals surface area (Å²) in [5, 5.41) is 6.94. The van der Waals surface area contributed by atoms with Crippen molar-refractivity contribution in [3.8, 4) is 0 Å². The molecule has 26 heavy (non-hydrogen) atoms. The molecule has 0 saturated heterocycles. The topological polar surface area (TPSA) is 76.1 Å². The molecule has 0 atom stereocenters. The summed E-state index contributed by atoms with van der Waals surface area (Å²) >= 11 is 0. The second kappa shape index (κ2) is 9.17. The van der Waals surface area contributed by atoms with Crippen molar-refractivity contribution >= 4 is 17.5 Å². The summed E-state index contributed by atoms with van der Waals surface area (Å²) in [5.41, 5.74) is 2.39. The SMILES string of the molecule is CCOC(=O)c1cnc(NC2CCCCC2)c(NCc2ccncc2)c1. The Morgan fingerprint density at radius 1 is 1.23 bits per heavy atom. The lowest BCUT2D eigenvalue weighted by Gasteiger charge is -2.25. The monoisotopic (exact) mass is 354 g/mol. The van der Waals surface area contributed by atoms with Gasteiger partial charge in [0.05, 0.1) is 17.9 Å². The van der Waals surface area contributed by atoms with Crippen LogP contribution in [-0.4, -0.2) is 28.6 Å². The minimum absolute atomic E-state index is 0.348. The third-order valence-electron chi connectivity index (χ3n) is 4.58. The average molecular weight is 354 g/mol. The first kappa shape index (κ1) is 18.2. The predicted molar refractivity (Wildman–Crippen MR) is 102 cm³/mol. The van der Waals surface area contributed by atoms with Gasteiger partial charge >= 0.3 is 5.97 Å². The van der Waals surface area contributed by atoms with Crippen molar-refractivity contribution in [1.82, 2.24) is 9.97 Å². The molecule has 6 nitrogen and oxygen atoms in total. The van der Waals surface area contributed by atoms with Crippen LogP contribution in [0.1, 0.15) is 54.9 Å². The van der Waals surface area contributed by atoms with Crippen LogP contribution >= 0.6 is 0 Å². The molecule has 1 fully saturated rings. The summed E-state index contributed by atoms with van der Waals surface area (Å²) in [6, 6.07) is 6.18. The van der Waals surface area contributed by atoms with Crippen LogP contribution in [0.15, 0.2) is 36.8 Å². The smallest absolute Gasteiger partial charge is 0.339 e. The zero-order chi connectivity index (χ0) is 18.2. The van der Waals surface area contributed by atoms with Crippen molar-refractivity contribution in [3.63, 3.8) is 0 Å². The minimum atomic E-state index is -0.351. The molecule has 0 spiro atoms. The van der Waals surface area contributed by atoms with E-state index in [4.69, 9.17) is 4.74 Å². The molecule has 2 N–H and O–H groups in total. The maximum absolute atomic E-state index is 12.1. The molecule has 2 heterocycles. The Morgan fingerprint density at radius 2 is 2.00 bits per heavy atom. The number of esters is 1. The molecule has 0 aromatic carbocycles. The van der Waals surface area contributed by atoms with E-state index in [0.29, 0.717) is 24.8 Å². The van der Waals surface area contributed by atoms with Gasteiger partial charge in [-0.1, -0.05) is 19.3 Å². The lowest BCUT2D eigenvalue weighted by molar-refractivity contribution is 0.0526. The summed E-state index contributed by atoms with van der Waals surface area (Å²) in [6.07, 6.45) is 11.2. The minimum Gasteiger partial charge on any atom is -0.462 e. The molecule has 0 aliphatic heterocycles. The van der Waals surface area contributed by atoms with Crippen LogP contribution in [0, 0.1) is 0 Å². The van der Waals surface area contributed by atoms with Crippen LogP contribution in [0.3, 0.4) is 0 Å². The summed E-state index contributed by atoms with van der Waals surface area (Å²) < 4.78 is 5.10. The van der Waals surface area contributed by atoms with Crippen LogP contribution in [0.4, 0.5) is 11.5 Å². The Morgan fingerprint density at radius 3 is 2.73 bits per heavy atom. The lowest BCUT2D eigenvalue weighted by Crippen LogP contribution is -2.23. The van der Waals surface area contributed by atoms with Gasteiger partial charge in [0.25, 0.3) is 0 Å². The van der Waals surface area contributed by atoms with Crippen molar-refractivity contribution in [2.45, 2.75) is 51.6 Å². The number of rotatable bonds is 7. The van der Waals surface area contributed by atoms with E-state index in [-0.39, 0.29) is 5.97 Å². The molecule has 0 unspecified atom stereocenters. The van der Waals surface area contributed by atoms with E-state index in [1.807, 2.05) is 18.2 Å². The molecule has 6 heteroatoms. The number of nitrogens with zero attached hydrogens (tertiary/aromatic N) is 2. The number of aromatic nitrogens is 2. The molecule has 2 aromatic rings. The largest absolute Gasteiger partial charge is 0.462 e. The van der Waals surface area contributed by atoms with Crippen LogP contribution < -0.4 is 10.6 Å². The van der Waals surface area contributed by atoms with E-state index in [9.17, 15) is 4.79 Å². The number of carbonyl (C=O) groups is 1. The van der Waals surface area contributed by atoms with Gasteiger partial charge in [0.1, 0.15) is 5.82 Å². The molecule has 1 saturated carbocycles. The summed E-state index contributed by atoms with van der Waals surface area (Å²) in [4.78, 5) is 20.6. The predicted octanol–water partition coefficient (Wildman–Crippen LogP) is 4.01. The Bertz CT molecular complexity index is 715. The first-order chi connectivity index (χ1) is 12.8. The molecule has 3 rings (SSSR count). The summed E-state index contributed by atoms with van der Waals surface area (Å²) in [7, 11) is 0. The van der Waals surface area contributed by atoms with Crippen molar-refractivity contribution in [3.05, 3.63) is 47.9 Å². The van der Waals surface area contributed by atoms with Gasteiger partial charge in [-0.2, -0.15) is 0 Å². The second-order valence-corrected chi connectivity index (χ2v) is 6.53. The fraction of sp³-hybridized carbons (Fsp3) is 0.450. The zero-order valence-electron chi connectivity index (χ0n) is 15.2. The quantitative estimate of drug-likeness (QED) is 0.732. The highest BCUT2D eigenvalue weighted by Crippen LogP contribution is 2.26. The number of pyridine rings is 2. The zero-order valence-corrected chi connectivity index (χ0v) is 15.2. The normalized spacial score (nSPS) is 14.7. The van der Waals surface area contributed by atoms with Crippen LogP contribution in [0.25, 0.3) is 0 Å². The van der Waals surface area contributed by atoms with Crippen LogP contribution in [0.5, 0.6) is 0 Å². The van der Waals surface area contributed by atoms with E-state index in [1.54, 1.807) is 25.5 Å². The van der Waals surface area contributed by atoms with E-state index < -0.39 is 0 Å². The fourth-order valence-electron chi connectivity index (χ4n) is 3.18. The van der Waals surface area contributed by atoms with Gasteiger partial charge in [0.2, 0.25) is 0 Å². The van der Waals surface area contributed by atoms with Gasteiger partial charge in [-0.15, -0.1) is 0 Å². The molecule has 1 aliphatic carbocycles. The molecule has 138 valence electrons. The van der Waals surface area contributed by atoms with Crippen LogP contribution in [-0.2, 0) is 11.3 Å².